The highest BCUT2D eigenvalue weighted by atomic mass is 32.2. The van der Waals surface area contributed by atoms with Crippen LogP contribution in [0.1, 0.15) is 19.8 Å². The van der Waals surface area contributed by atoms with Gasteiger partial charge in [-0.25, -0.2) is 0 Å². The van der Waals surface area contributed by atoms with Crippen LogP contribution in [-0.2, 0) is 19.2 Å². The molecule has 1 rings (SSSR count). The number of hydrogen-bond donors (Lipinski definition) is 3. The first kappa shape index (κ1) is 15.5. The van der Waals surface area contributed by atoms with Crippen molar-refractivity contribution in [3.8, 4) is 0 Å². The number of carbonyl (C=O) groups excluding carboxylic acids is 2. The number of hydrogen-bond acceptors (Lipinski definition) is 5. The third-order valence-electron chi connectivity index (χ3n) is 3.58. The Morgan fingerprint density at radius 3 is 2.21 bits per heavy atom. The van der Waals surface area contributed by atoms with Gasteiger partial charge in [-0.05, 0) is 12.3 Å². The first-order valence-electron chi connectivity index (χ1n) is 5.63. The van der Waals surface area contributed by atoms with Gasteiger partial charge in [-0.2, -0.15) is 0 Å². The molecule has 0 spiro atoms. The highest BCUT2D eigenvalue weighted by Crippen LogP contribution is 2.61. The van der Waals surface area contributed by atoms with E-state index in [1.807, 2.05) is 0 Å². The summed E-state index contributed by atoms with van der Waals surface area (Å²) in [6, 6.07) is 0. The maximum absolute atomic E-state index is 11.4. The van der Waals surface area contributed by atoms with Crippen molar-refractivity contribution in [2.45, 2.75) is 19.8 Å². The van der Waals surface area contributed by atoms with E-state index in [-0.39, 0.29) is 23.7 Å². The number of carboxylic acid groups (broad SMARTS) is 2. The molecule has 1 aliphatic rings. The van der Waals surface area contributed by atoms with E-state index in [4.69, 9.17) is 15.9 Å². The lowest BCUT2D eigenvalue weighted by atomic mass is 9.95. The van der Waals surface area contributed by atoms with Gasteiger partial charge in [0, 0.05) is 6.42 Å². The van der Waals surface area contributed by atoms with Gasteiger partial charge in [0.25, 0.3) is 0 Å². The van der Waals surface area contributed by atoms with Crippen LogP contribution in [0.25, 0.3) is 0 Å². The molecular formula is C11H15NO6S. The van der Waals surface area contributed by atoms with Gasteiger partial charge in [0.05, 0.1) is 17.1 Å². The topological polar surface area (TPSA) is 135 Å². The molecule has 0 heterocycles. The number of thioether (sulfide) groups is 1. The van der Waals surface area contributed by atoms with Gasteiger partial charge < -0.3 is 15.9 Å². The second kappa shape index (κ2) is 5.60. The summed E-state index contributed by atoms with van der Waals surface area (Å²) in [6.45, 7) is 1.61. The second-order valence-electron chi connectivity index (χ2n) is 4.56. The van der Waals surface area contributed by atoms with Crippen molar-refractivity contribution in [2.75, 3.05) is 5.75 Å². The van der Waals surface area contributed by atoms with E-state index in [1.165, 1.54) is 0 Å². The van der Waals surface area contributed by atoms with Crippen molar-refractivity contribution in [1.29, 1.82) is 0 Å². The smallest absolute Gasteiger partial charge is 0.313 e. The standard InChI is InChI=1S/C11H15NO6S/c1-5-8(9(16)17)11(5,10(12)18)3-2-7(15)19-4-6(13)14/h5,8H,2-4H2,1H3,(H2,12,18)(H,13,14)(H,16,17). The summed E-state index contributed by atoms with van der Waals surface area (Å²) in [4.78, 5) is 44.1. The molecule has 0 aromatic carbocycles. The van der Waals surface area contributed by atoms with Crippen molar-refractivity contribution in [3.05, 3.63) is 0 Å². The van der Waals surface area contributed by atoms with Crippen LogP contribution in [0.15, 0.2) is 0 Å². The molecule has 19 heavy (non-hydrogen) atoms. The largest absolute Gasteiger partial charge is 0.481 e. The van der Waals surface area contributed by atoms with Crippen molar-refractivity contribution in [1.82, 2.24) is 0 Å². The molecule has 0 aromatic heterocycles. The molecule has 7 nitrogen and oxygen atoms in total. The Morgan fingerprint density at radius 2 is 1.84 bits per heavy atom. The maximum atomic E-state index is 11.4. The predicted octanol–water partition coefficient (Wildman–Crippen LogP) is -0.0668. The van der Waals surface area contributed by atoms with Crippen LogP contribution in [0.5, 0.6) is 0 Å². The first-order valence-corrected chi connectivity index (χ1v) is 6.62. The number of aliphatic carboxylic acids is 2. The second-order valence-corrected chi connectivity index (χ2v) is 5.60. The minimum absolute atomic E-state index is 0.0475. The van der Waals surface area contributed by atoms with Gasteiger partial charge in [0.1, 0.15) is 0 Å². The van der Waals surface area contributed by atoms with E-state index >= 15 is 0 Å². The molecule has 1 fully saturated rings. The van der Waals surface area contributed by atoms with Gasteiger partial charge in [-0.1, -0.05) is 18.7 Å². The van der Waals surface area contributed by atoms with Crippen molar-refractivity contribution < 1.29 is 29.4 Å². The third-order valence-corrected chi connectivity index (χ3v) is 4.50. The number of nitrogens with two attached hydrogens (primary N) is 1. The zero-order valence-electron chi connectivity index (χ0n) is 10.3. The molecule has 1 amide bonds. The summed E-state index contributed by atoms with van der Waals surface area (Å²) >= 11 is 0.638. The van der Waals surface area contributed by atoms with Gasteiger partial charge in [0.15, 0.2) is 5.12 Å². The molecule has 0 aromatic rings. The fourth-order valence-corrected chi connectivity index (χ4v) is 3.00. The summed E-state index contributed by atoms with van der Waals surface area (Å²) in [5.41, 5.74) is 4.07. The summed E-state index contributed by atoms with van der Waals surface area (Å²) in [5.74, 6) is -4.53. The average Bonchev–Trinajstić information content (AvgIpc) is 2.90. The number of rotatable bonds is 7. The minimum Gasteiger partial charge on any atom is -0.481 e. The monoisotopic (exact) mass is 289 g/mol. The van der Waals surface area contributed by atoms with E-state index < -0.39 is 35.1 Å². The Labute approximate surface area is 113 Å². The van der Waals surface area contributed by atoms with Crippen LogP contribution in [0.3, 0.4) is 0 Å². The fraction of sp³-hybridized carbons (Fsp3) is 0.636. The van der Waals surface area contributed by atoms with Crippen molar-refractivity contribution in [3.63, 3.8) is 0 Å². The summed E-state index contributed by atoms with van der Waals surface area (Å²) in [6.07, 6.45) is -0.0130. The summed E-state index contributed by atoms with van der Waals surface area (Å²) < 4.78 is 0. The number of carboxylic acids is 2. The van der Waals surface area contributed by atoms with Gasteiger partial charge >= 0.3 is 11.9 Å². The van der Waals surface area contributed by atoms with Crippen molar-refractivity contribution in [2.24, 2.45) is 23.0 Å². The molecule has 0 saturated heterocycles. The zero-order valence-corrected chi connectivity index (χ0v) is 11.1. The van der Waals surface area contributed by atoms with Gasteiger partial charge in [-0.15, -0.1) is 0 Å². The number of primary amides is 1. The average molecular weight is 289 g/mol. The molecule has 0 radical (unpaired) electrons. The summed E-state index contributed by atoms with van der Waals surface area (Å²) in [5, 5.41) is 17.0. The lowest BCUT2D eigenvalue weighted by Gasteiger charge is -2.11. The molecule has 0 bridgehead atoms. The molecular weight excluding hydrogens is 274 g/mol. The molecule has 8 heteroatoms. The van der Waals surface area contributed by atoms with Crippen molar-refractivity contribution >= 4 is 34.7 Å². The highest BCUT2D eigenvalue weighted by Gasteiger charge is 2.69. The highest BCUT2D eigenvalue weighted by molar-refractivity contribution is 8.14. The quantitative estimate of drug-likeness (QED) is 0.597. The third kappa shape index (κ3) is 3.06. The molecule has 0 aliphatic heterocycles. The van der Waals surface area contributed by atoms with Crippen LogP contribution in [0.2, 0.25) is 0 Å². The first-order chi connectivity index (χ1) is 8.73. The molecule has 3 atom stereocenters. The Morgan fingerprint density at radius 1 is 1.26 bits per heavy atom. The van der Waals surface area contributed by atoms with E-state index in [0.29, 0.717) is 11.8 Å². The van der Waals surface area contributed by atoms with Crippen LogP contribution >= 0.6 is 11.8 Å². The molecule has 4 N–H and O–H groups in total. The Balaban J connectivity index is 2.59. The van der Waals surface area contributed by atoms with E-state index in [0.717, 1.165) is 0 Å². The molecule has 106 valence electrons. The maximum Gasteiger partial charge on any atom is 0.313 e. The van der Waals surface area contributed by atoms with Gasteiger partial charge in [0.2, 0.25) is 5.91 Å². The Bertz CT molecular complexity index is 437. The van der Waals surface area contributed by atoms with E-state index in [9.17, 15) is 19.2 Å². The number of carbonyl (C=O) groups is 4. The van der Waals surface area contributed by atoms with Crippen LogP contribution in [0, 0.1) is 17.3 Å². The Hall–Kier alpha value is -1.57. The van der Waals surface area contributed by atoms with Gasteiger partial charge in [-0.3, -0.25) is 19.2 Å². The van der Waals surface area contributed by atoms with E-state index in [2.05, 4.69) is 0 Å². The fourth-order valence-electron chi connectivity index (χ4n) is 2.47. The number of amides is 1. The minimum atomic E-state index is -1.18. The molecule has 1 saturated carbocycles. The summed E-state index contributed by atoms with van der Waals surface area (Å²) in [7, 11) is 0. The predicted molar refractivity (Wildman–Crippen MR) is 66.3 cm³/mol. The van der Waals surface area contributed by atoms with Crippen LogP contribution in [0.4, 0.5) is 0 Å². The molecule has 1 aliphatic carbocycles. The normalized spacial score (nSPS) is 28.7. The zero-order chi connectivity index (χ0) is 14.8. The molecule has 3 unspecified atom stereocenters. The Kier molecular flexibility index (Phi) is 4.56. The lowest BCUT2D eigenvalue weighted by Crippen LogP contribution is -2.29. The SMILES string of the molecule is CC1C(C(=O)O)C1(CCC(=O)SCC(=O)O)C(N)=O. The van der Waals surface area contributed by atoms with E-state index in [1.54, 1.807) is 6.92 Å². The lowest BCUT2D eigenvalue weighted by molar-refractivity contribution is -0.141. The van der Waals surface area contributed by atoms with Crippen LogP contribution in [-0.4, -0.2) is 38.9 Å². The van der Waals surface area contributed by atoms with Crippen LogP contribution < -0.4 is 5.73 Å².